The van der Waals surface area contributed by atoms with Crippen LogP contribution in [-0.4, -0.2) is 45.9 Å². The van der Waals surface area contributed by atoms with E-state index in [9.17, 15) is 4.79 Å². The third-order valence-corrected chi connectivity index (χ3v) is 5.24. The Bertz CT molecular complexity index is 714. The highest BCUT2D eigenvalue weighted by Gasteiger charge is 2.36. The van der Waals surface area contributed by atoms with Crippen molar-refractivity contribution in [3.8, 4) is 0 Å². The van der Waals surface area contributed by atoms with E-state index in [1.165, 1.54) is 31.4 Å². The molecule has 3 heterocycles. The Balaban J connectivity index is 1.31. The third kappa shape index (κ3) is 3.85. The SMILES string of the molecule is O=C(Nc1ccn(Cc2ccccc2)n1)N[C@@H]1CCN2CCCC[C@@H]12. The number of amides is 2. The number of hydrogen-bond acceptors (Lipinski definition) is 3. The van der Waals surface area contributed by atoms with Crippen molar-refractivity contribution in [2.45, 2.75) is 44.3 Å². The number of hydrogen-bond donors (Lipinski definition) is 2. The first-order valence-electron chi connectivity index (χ1n) is 9.17. The number of rotatable bonds is 4. The summed E-state index contributed by atoms with van der Waals surface area (Å²) in [6, 6.07) is 12.6. The van der Waals surface area contributed by atoms with Gasteiger partial charge >= 0.3 is 6.03 Å². The lowest BCUT2D eigenvalue weighted by atomic mass is 9.99. The van der Waals surface area contributed by atoms with Gasteiger partial charge in [-0.15, -0.1) is 0 Å². The Hall–Kier alpha value is -2.34. The van der Waals surface area contributed by atoms with Crippen molar-refractivity contribution < 1.29 is 4.79 Å². The molecule has 2 saturated heterocycles. The number of carbonyl (C=O) groups excluding carboxylic acids is 1. The van der Waals surface area contributed by atoms with Crippen LogP contribution in [0.1, 0.15) is 31.2 Å². The molecule has 2 fully saturated rings. The van der Waals surface area contributed by atoms with Crippen molar-refractivity contribution in [3.05, 3.63) is 48.2 Å². The molecule has 6 nitrogen and oxygen atoms in total. The molecule has 25 heavy (non-hydrogen) atoms. The number of urea groups is 1. The Morgan fingerprint density at radius 1 is 1.12 bits per heavy atom. The molecular weight excluding hydrogens is 314 g/mol. The largest absolute Gasteiger partial charge is 0.333 e. The molecule has 2 aliphatic rings. The Kier molecular flexibility index (Phi) is 4.70. The number of benzene rings is 1. The van der Waals surface area contributed by atoms with E-state index in [1.54, 1.807) is 0 Å². The molecule has 4 rings (SSSR count). The van der Waals surface area contributed by atoms with Crippen LogP contribution in [0.5, 0.6) is 0 Å². The van der Waals surface area contributed by atoms with Crippen LogP contribution in [0.4, 0.5) is 10.6 Å². The molecule has 2 N–H and O–H groups in total. The maximum atomic E-state index is 12.3. The quantitative estimate of drug-likeness (QED) is 0.900. The van der Waals surface area contributed by atoms with Crippen LogP contribution >= 0.6 is 0 Å². The van der Waals surface area contributed by atoms with Gasteiger partial charge in [0.2, 0.25) is 0 Å². The van der Waals surface area contributed by atoms with Gasteiger partial charge in [-0.25, -0.2) is 4.79 Å². The summed E-state index contributed by atoms with van der Waals surface area (Å²) in [5.41, 5.74) is 1.19. The molecule has 2 aliphatic heterocycles. The van der Waals surface area contributed by atoms with Crippen LogP contribution in [0.3, 0.4) is 0 Å². The van der Waals surface area contributed by atoms with E-state index in [0.29, 0.717) is 18.4 Å². The monoisotopic (exact) mass is 339 g/mol. The van der Waals surface area contributed by atoms with Gasteiger partial charge in [0.15, 0.2) is 5.82 Å². The number of aromatic nitrogens is 2. The molecule has 2 atom stereocenters. The van der Waals surface area contributed by atoms with Gasteiger partial charge in [0.05, 0.1) is 6.54 Å². The number of anilines is 1. The predicted molar refractivity (Wildman–Crippen MR) is 97.5 cm³/mol. The average molecular weight is 339 g/mol. The van der Waals surface area contributed by atoms with Gasteiger partial charge in [0.25, 0.3) is 0 Å². The van der Waals surface area contributed by atoms with Crippen LogP contribution in [0.15, 0.2) is 42.6 Å². The highest BCUT2D eigenvalue weighted by atomic mass is 16.2. The fourth-order valence-electron chi connectivity index (χ4n) is 4.02. The number of piperidine rings is 1. The van der Waals surface area contributed by atoms with Crippen molar-refractivity contribution in [1.82, 2.24) is 20.0 Å². The highest BCUT2D eigenvalue weighted by Crippen LogP contribution is 2.27. The standard InChI is InChI=1S/C19H25N5O/c25-19(20-16-9-12-23-11-5-4-8-17(16)23)21-18-10-13-24(22-18)14-15-6-2-1-3-7-15/h1-3,6-7,10,13,16-17H,4-5,8-9,11-12,14H2,(H2,20,21,22,25)/t16-,17+/m1/s1. The van der Waals surface area contributed by atoms with E-state index in [2.05, 4.69) is 32.8 Å². The normalized spacial score (nSPS) is 23.2. The van der Waals surface area contributed by atoms with E-state index in [4.69, 9.17) is 0 Å². The number of fused-ring (bicyclic) bond motifs is 1. The first kappa shape index (κ1) is 16.1. The Labute approximate surface area is 148 Å². The van der Waals surface area contributed by atoms with Gasteiger partial charge in [-0.1, -0.05) is 36.8 Å². The van der Waals surface area contributed by atoms with Crippen molar-refractivity contribution in [2.24, 2.45) is 0 Å². The molecule has 2 amide bonds. The van der Waals surface area contributed by atoms with Crippen LogP contribution in [0, 0.1) is 0 Å². The van der Waals surface area contributed by atoms with Gasteiger partial charge in [-0.2, -0.15) is 5.10 Å². The van der Waals surface area contributed by atoms with Gasteiger partial charge < -0.3 is 5.32 Å². The minimum absolute atomic E-state index is 0.151. The zero-order valence-corrected chi connectivity index (χ0v) is 14.4. The zero-order valence-electron chi connectivity index (χ0n) is 14.4. The molecule has 0 bridgehead atoms. The lowest BCUT2D eigenvalue weighted by Crippen LogP contribution is -2.48. The van der Waals surface area contributed by atoms with Crippen molar-refractivity contribution >= 4 is 11.8 Å². The smallest absolute Gasteiger partial charge is 0.320 e. The maximum absolute atomic E-state index is 12.3. The van der Waals surface area contributed by atoms with E-state index >= 15 is 0 Å². The highest BCUT2D eigenvalue weighted by molar-refractivity contribution is 5.88. The summed E-state index contributed by atoms with van der Waals surface area (Å²) >= 11 is 0. The van der Waals surface area contributed by atoms with Gasteiger partial charge in [0.1, 0.15) is 0 Å². The summed E-state index contributed by atoms with van der Waals surface area (Å²) in [4.78, 5) is 14.8. The van der Waals surface area contributed by atoms with Crippen LogP contribution < -0.4 is 10.6 Å². The molecule has 0 radical (unpaired) electrons. The molecular formula is C19H25N5O. The average Bonchev–Trinajstić information content (AvgIpc) is 3.23. The molecule has 132 valence electrons. The van der Waals surface area contributed by atoms with Crippen molar-refractivity contribution in [2.75, 3.05) is 18.4 Å². The van der Waals surface area contributed by atoms with Crippen molar-refractivity contribution in [3.63, 3.8) is 0 Å². The molecule has 0 aliphatic carbocycles. The summed E-state index contributed by atoms with van der Waals surface area (Å²) in [5, 5.41) is 10.5. The molecule has 2 aromatic rings. The van der Waals surface area contributed by atoms with Gasteiger partial charge in [0, 0.05) is 30.9 Å². The van der Waals surface area contributed by atoms with E-state index in [-0.39, 0.29) is 12.1 Å². The number of carbonyl (C=O) groups is 1. The number of nitrogens with one attached hydrogen (secondary N) is 2. The summed E-state index contributed by atoms with van der Waals surface area (Å²) in [6.45, 7) is 2.97. The lowest BCUT2D eigenvalue weighted by molar-refractivity contribution is 0.180. The third-order valence-electron chi connectivity index (χ3n) is 5.24. The van der Waals surface area contributed by atoms with Gasteiger partial charge in [-0.05, 0) is 31.4 Å². The topological polar surface area (TPSA) is 62.2 Å². The summed E-state index contributed by atoms with van der Waals surface area (Å²) in [6.07, 6.45) is 6.68. The Morgan fingerprint density at radius 2 is 2.00 bits per heavy atom. The van der Waals surface area contributed by atoms with Crippen LogP contribution in [-0.2, 0) is 6.54 Å². The zero-order chi connectivity index (χ0) is 17.1. The van der Waals surface area contributed by atoms with Crippen molar-refractivity contribution in [1.29, 1.82) is 0 Å². The molecule has 1 aromatic heterocycles. The van der Waals surface area contributed by atoms with E-state index < -0.39 is 0 Å². The minimum atomic E-state index is -0.151. The molecule has 1 aromatic carbocycles. The summed E-state index contributed by atoms with van der Waals surface area (Å²) in [7, 11) is 0. The first-order valence-corrected chi connectivity index (χ1v) is 9.17. The van der Waals surface area contributed by atoms with Crippen LogP contribution in [0.25, 0.3) is 0 Å². The second kappa shape index (κ2) is 7.27. The molecule has 0 unspecified atom stereocenters. The van der Waals surface area contributed by atoms with E-state index in [1.807, 2.05) is 35.1 Å². The summed E-state index contributed by atoms with van der Waals surface area (Å²) in [5.74, 6) is 0.590. The van der Waals surface area contributed by atoms with Gasteiger partial charge in [-0.3, -0.25) is 14.9 Å². The summed E-state index contributed by atoms with van der Waals surface area (Å²) < 4.78 is 1.84. The number of nitrogens with zero attached hydrogens (tertiary/aromatic N) is 3. The molecule has 0 spiro atoms. The maximum Gasteiger partial charge on any atom is 0.320 e. The predicted octanol–water partition coefficient (Wildman–Crippen LogP) is 2.68. The fraction of sp³-hybridized carbons (Fsp3) is 0.474. The van der Waals surface area contributed by atoms with E-state index in [0.717, 1.165) is 13.0 Å². The fourth-order valence-corrected chi connectivity index (χ4v) is 4.02. The van der Waals surface area contributed by atoms with Crippen LogP contribution in [0.2, 0.25) is 0 Å². The first-order chi connectivity index (χ1) is 12.3. The lowest BCUT2D eigenvalue weighted by Gasteiger charge is -2.32. The molecule has 6 heteroatoms. The minimum Gasteiger partial charge on any atom is -0.333 e. The second-order valence-corrected chi connectivity index (χ2v) is 6.98. The second-order valence-electron chi connectivity index (χ2n) is 6.98. The Morgan fingerprint density at radius 3 is 2.88 bits per heavy atom. The molecule has 0 saturated carbocycles.